The molecule has 1 atom stereocenters. The van der Waals surface area contributed by atoms with Crippen molar-refractivity contribution >= 4 is 23.2 Å². The molecule has 1 unspecified atom stereocenters. The summed E-state index contributed by atoms with van der Waals surface area (Å²) in [5, 5.41) is 4.61. The zero-order chi connectivity index (χ0) is 16.1. The molecule has 1 N–H and O–H groups in total. The molecule has 0 saturated carbocycles. The van der Waals surface area contributed by atoms with Gasteiger partial charge in [0, 0.05) is 5.02 Å². The second-order valence-corrected chi connectivity index (χ2v) is 5.26. The molecule has 5 nitrogen and oxygen atoms in total. The van der Waals surface area contributed by atoms with Gasteiger partial charge in [0.05, 0.1) is 6.26 Å². The lowest BCUT2D eigenvalue weighted by molar-refractivity contribution is -0.127. The van der Waals surface area contributed by atoms with Crippen LogP contribution < -0.4 is 10.2 Å². The highest BCUT2D eigenvalue weighted by atomic mass is 35.5. The number of hydrazone groups is 1. The van der Waals surface area contributed by atoms with Gasteiger partial charge in [-0.3, -0.25) is 4.79 Å². The number of nitrogens with zero attached hydrogens (tertiary/aromatic N) is 1. The van der Waals surface area contributed by atoms with Gasteiger partial charge in [0.1, 0.15) is 17.2 Å². The first-order valence-electron chi connectivity index (χ1n) is 6.78. The number of hydrogen-bond donors (Lipinski definition) is 1. The molecule has 6 heteroatoms. The predicted molar refractivity (Wildman–Crippen MR) is 85.3 cm³/mol. The van der Waals surface area contributed by atoms with E-state index in [9.17, 15) is 4.79 Å². The summed E-state index contributed by atoms with van der Waals surface area (Å²) in [5.41, 5.74) is 3.90. The van der Waals surface area contributed by atoms with Crippen molar-refractivity contribution in [3.63, 3.8) is 0 Å². The summed E-state index contributed by atoms with van der Waals surface area (Å²) in [7, 11) is 0. The van der Waals surface area contributed by atoms with E-state index in [1.807, 2.05) is 6.92 Å². The molecule has 1 aromatic heterocycles. The van der Waals surface area contributed by atoms with Crippen molar-refractivity contribution in [1.29, 1.82) is 0 Å². The second-order valence-electron chi connectivity index (χ2n) is 4.82. The maximum atomic E-state index is 12.0. The van der Waals surface area contributed by atoms with Crippen LogP contribution in [-0.4, -0.2) is 17.7 Å². The summed E-state index contributed by atoms with van der Waals surface area (Å²) in [5.74, 6) is 0.862. The number of furan rings is 1. The Kier molecular flexibility index (Phi) is 5.22. The Balaban J connectivity index is 1.96. The molecule has 22 heavy (non-hydrogen) atoms. The quantitative estimate of drug-likeness (QED) is 0.677. The van der Waals surface area contributed by atoms with E-state index >= 15 is 0 Å². The van der Waals surface area contributed by atoms with Crippen molar-refractivity contribution in [3.05, 3.63) is 52.9 Å². The Hall–Kier alpha value is -2.27. The molecule has 1 heterocycles. The molecule has 0 saturated heterocycles. The molecular weight excluding hydrogens is 304 g/mol. The van der Waals surface area contributed by atoms with Crippen LogP contribution in [0.2, 0.25) is 5.02 Å². The number of amides is 1. The number of ether oxygens (including phenoxy) is 1. The van der Waals surface area contributed by atoms with Gasteiger partial charge in [0.15, 0.2) is 6.10 Å². The van der Waals surface area contributed by atoms with Gasteiger partial charge in [0.2, 0.25) is 0 Å². The average Bonchev–Trinajstić information content (AvgIpc) is 3.01. The number of hydrogen-bond acceptors (Lipinski definition) is 4. The third-order valence-corrected chi connectivity index (χ3v) is 3.26. The van der Waals surface area contributed by atoms with Crippen LogP contribution in [0.1, 0.15) is 25.2 Å². The first-order valence-corrected chi connectivity index (χ1v) is 7.16. The molecular formula is C16H17ClN2O3. The largest absolute Gasteiger partial charge is 0.481 e. The van der Waals surface area contributed by atoms with Crippen LogP contribution in [0, 0.1) is 6.92 Å². The molecule has 0 aliphatic carbocycles. The van der Waals surface area contributed by atoms with Crippen LogP contribution in [0.3, 0.4) is 0 Å². The number of carbonyl (C=O) groups is 1. The Morgan fingerprint density at radius 3 is 2.82 bits per heavy atom. The number of benzene rings is 1. The summed E-state index contributed by atoms with van der Waals surface area (Å²) in [6.45, 7) is 5.26. The van der Waals surface area contributed by atoms with E-state index in [1.54, 1.807) is 50.4 Å². The second kappa shape index (κ2) is 7.13. The van der Waals surface area contributed by atoms with E-state index in [0.29, 0.717) is 22.2 Å². The van der Waals surface area contributed by atoms with Crippen LogP contribution in [0.5, 0.6) is 5.75 Å². The minimum absolute atomic E-state index is 0.347. The van der Waals surface area contributed by atoms with Gasteiger partial charge in [-0.15, -0.1) is 0 Å². The molecule has 116 valence electrons. The van der Waals surface area contributed by atoms with E-state index < -0.39 is 6.10 Å². The number of halogens is 1. The van der Waals surface area contributed by atoms with Crippen molar-refractivity contribution in [2.24, 2.45) is 5.10 Å². The Labute approximate surface area is 133 Å². The van der Waals surface area contributed by atoms with Crippen LogP contribution >= 0.6 is 11.6 Å². The van der Waals surface area contributed by atoms with E-state index in [4.69, 9.17) is 20.8 Å². The molecule has 1 aromatic carbocycles. The van der Waals surface area contributed by atoms with E-state index in [2.05, 4.69) is 10.5 Å². The van der Waals surface area contributed by atoms with Gasteiger partial charge in [-0.2, -0.15) is 5.10 Å². The number of aryl methyl sites for hydroxylation is 1. The van der Waals surface area contributed by atoms with Crippen molar-refractivity contribution in [2.45, 2.75) is 26.9 Å². The third kappa shape index (κ3) is 4.11. The fourth-order valence-electron chi connectivity index (χ4n) is 1.76. The summed E-state index contributed by atoms with van der Waals surface area (Å²) < 4.78 is 10.8. The molecule has 0 fully saturated rings. The van der Waals surface area contributed by atoms with E-state index in [0.717, 1.165) is 5.56 Å². The van der Waals surface area contributed by atoms with Crippen LogP contribution in [-0.2, 0) is 4.79 Å². The SMILES string of the molecule is CC(=NNC(=O)C(C)Oc1ccc(Cl)cc1C)c1ccco1. The molecule has 0 aliphatic heterocycles. The lowest BCUT2D eigenvalue weighted by Gasteiger charge is -2.15. The molecule has 2 rings (SSSR count). The monoisotopic (exact) mass is 320 g/mol. The van der Waals surface area contributed by atoms with Gasteiger partial charge in [-0.05, 0) is 56.7 Å². The summed E-state index contributed by atoms with van der Waals surface area (Å²) >= 11 is 5.89. The summed E-state index contributed by atoms with van der Waals surface area (Å²) in [6, 6.07) is 8.75. The van der Waals surface area contributed by atoms with Gasteiger partial charge < -0.3 is 9.15 Å². The highest BCUT2D eigenvalue weighted by Crippen LogP contribution is 2.22. The Bertz CT molecular complexity index is 681. The fourth-order valence-corrected chi connectivity index (χ4v) is 1.99. The van der Waals surface area contributed by atoms with Crippen molar-refractivity contribution in [2.75, 3.05) is 0 Å². The number of rotatable bonds is 5. The van der Waals surface area contributed by atoms with Crippen LogP contribution in [0.25, 0.3) is 0 Å². The van der Waals surface area contributed by atoms with E-state index in [1.165, 1.54) is 0 Å². The standard InChI is InChI=1S/C16H17ClN2O3/c1-10-9-13(17)6-7-14(10)22-12(3)16(20)19-18-11(2)15-5-4-8-21-15/h4-9,12H,1-3H3,(H,19,20). The third-order valence-electron chi connectivity index (χ3n) is 3.02. The summed E-state index contributed by atoms with van der Waals surface area (Å²) in [4.78, 5) is 12.0. The molecule has 0 bridgehead atoms. The normalized spacial score (nSPS) is 12.8. The number of nitrogens with one attached hydrogen (secondary N) is 1. The van der Waals surface area contributed by atoms with Crippen molar-refractivity contribution in [3.8, 4) is 5.75 Å². The van der Waals surface area contributed by atoms with Crippen molar-refractivity contribution in [1.82, 2.24) is 5.43 Å². The van der Waals surface area contributed by atoms with Crippen LogP contribution in [0.4, 0.5) is 0 Å². The first kappa shape index (κ1) is 16.1. The minimum atomic E-state index is -0.687. The maximum Gasteiger partial charge on any atom is 0.280 e. The van der Waals surface area contributed by atoms with Gasteiger partial charge in [-0.1, -0.05) is 11.6 Å². The zero-order valence-corrected chi connectivity index (χ0v) is 13.3. The molecule has 0 spiro atoms. The van der Waals surface area contributed by atoms with Crippen LogP contribution in [0.15, 0.2) is 46.1 Å². The Morgan fingerprint density at radius 1 is 1.41 bits per heavy atom. The highest BCUT2D eigenvalue weighted by Gasteiger charge is 2.15. The molecule has 2 aromatic rings. The average molecular weight is 321 g/mol. The van der Waals surface area contributed by atoms with E-state index in [-0.39, 0.29) is 5.91 Å². The fraction of sp³-hybridized carbons (Fsp3) is 0.250. The molecule has 0 aliphatic rings. The highest BCUT2D eigenvalue weighted by molar-refractivity contribution is 6.30. The predicted octanol–water partition coefficient (Wildman–Crippen LogP) is 3.55. The van der Waals surface area contributed by atoms with Gasteiger partial charge >= 0.3 is 0 Å². The van der Waals surface area contributed by atoms with Gasteiger partial charge in [-0.25, -0.2) is 5.43 Å². The number of carbonyl (C=O) groups excluding carboxylic acids is 1. The lowest BCUT2D eigenvalue weighted by Crippen LogP contribution is -2.34. The molecule has 1 amide bonds. The Morgan fingerprint density at radius 2 is 2.18 bits per heavy atom. The zero-order valence-electron chi connectivity index (χ0n) is 12.6. The molecule has 0 radical (unpaired) electrons. The smallest absolute Gasteiger partial charge is 0.280 e. The maximum absolute atomic E-state index is 12.0. The lowest BCUT2D eigenvalue weighted by atomic mass is 10.2. The first-order chi connectivity index (χ1) is 10.5. The van der Waals surface area contributed by atoms with Gasteiger partial charge in [0.25, 0.3) is 5.91 Å². The minimum Gasteiger partial charge on any atom is -0.481 e. The van der Waals surface area contributed by atoms with Crippen molar-refractivity contribution < 1.29 is 13.9 Å². The topological polar surface area (TPSA) is 63.8 Å². The summed E-state index contributed by atoms with van der Waals surface area (Å²) in [6.07, 6.45) is 0.860.